The van der Waals surface area contributed by atoms with Gasteiger partial charge in [0, 0.05) is 17.6 Å². The van der Waals surface area contributed by atoms with Crippen molar-refractivity contribution in [3.05, 3.63) is 40.8 Å². The highest BCUT2D eigenvalue weighted by atomic mass is 32.2. The Morgan fingerprint density at radius 1 is 1.29 bits per heavy atom. The van der Waals surface area contributed by atoms with E-state index in [-0.39, 0.29) is 17.2 Å². The van der Waals surface area contributed by atoms with Gasteiger partial charge in [-0.25, -0.2) is 13.1 Å². The molecule has 0 amide bonds. The first-order valence-corrected chi connectivity index (χ1v) is 7.10. The first kappa shape index (κ1) is 12.0. The number of rotatable bonds is 4. The molecule has 90 valence electrons. The second-order valence-electron chi connectivity index (χ2n) is 3.29. The molecule has 0 saturated heterocycles. The van der Waals surface area contributed by atoms with Gasteiger partial charge in [-0.2, -0.15) is 0 Å². The zero-order valence-electron chi connectivity index (χ0n) is 8.70. The summed E-state index contributed by atoms with van der Waals surface area (Å²) in [5.41, 5.74) is 1.64. The summed E-state index contributed by atoms with van der Waals surface area (Å²) >= 11 is 1.38. The quantitative estimate of drug-likeness (QED) is 0.878. The van der Waals surface area contributed by atoms with Crippen LogP contribution in [-0.4, -0.2) is 18.5 Å². The number of aromatic hydroxyl groups is 1. The molecular formula is C10H10N2O3S2. The molecule has 17 heavy (non-hydrogen) atoms. The van der Waals surface area contributed by atoms with Crippen LogP contribution in [0.4, 0.5) is 0 Å². The normalized spacial score (nSPS) is 11.5. The molecule has 1 aromatic carbocycles. The summed E-state index contributed by atoms with van der Waals surface area (Å²) in [5.74, 6) is 0.0337. The maximum Gasteiger partial charge on any atom is 0.240 e. The Bertz CT molecular complexity index is 577. The van der Waals surface area contributed by atoms with E-state index in [4.69, 9.17) is 5.11 Å². The van der Waals surface area contributed by atoms with E-state index < -0.39 is 10.0 Å². The molecule has 0 fully saturated rings. The number of phenolic OH excluding ortho intramolecular Hbond substituents is 1. The molecule has 2 aromatic rings. The van der Waals surface area contributed by atoms with Gasteiger partial charge in [-0.1, -0.05) is 0 Å². The molecule has 1 heterocycles. The first-order chi connectivity index (χ1) is 8.08. The van der Waals surface area contributed by atoms with Gasteiger partial charge in [0.15, 0.2) is 0 Å². The largest absolute Gasteiger partial charge is 0.508 e. The molecule has 0 bridgehead atoms. The molecule has 0 aliphatic heterocycles. The Hall–Kier alpha value is -1.44. The summed E-state index contributed by atoms with van der Waals surface area (Å²) in [6, 6.07) is 5.37. The van der Waals surface area contributed by atoms with Crippen LogP contribution in [-0.2, 0) is 16.6 Å². The van der Waals surface area contributed by atoms with Gasteiger partial charge in [0.1, 0.15) is 5.75 Å². The summed E-state index contributed by atoms with van der Waals surface area (Å²) in [4.78, 5) is 4.82. The average Bonchev–Trinajstić information content (AvgIpc) is 2.80. The van der Waals surface area contributed by atoms with Gasteiger partial charge in [0.05, 0.1) is 10.4 Å². The molecule has 2 N–H and O–H groups in total. The Morgan fingerprint density at radius 2 is 2.00 bits per heavy atom. The zero-order chi connectivity index (χ0) is 12.3. The van der Waals surface area contributed by atoms with E-state index in [1.165, 1.54) is 35.6 Å². The third-order valence-electron chi connectivity index (χ3n) is 2.07. The lowest BCUT2D eigenvalue weighted by Crippen LogP contribution is -2.22. The highest BCUT2D eigenvalue weighted by molar-refractivity contribution is 7.89. The second-order valence-corrected chi connectivity index (χ2v) is 6.02. The predicted octanol–water partition coefficient (Wildman–Crippen LogP) is 1.33. The van der Waals surface area contributed by atoms with E-state index in [1.54, 1.807) is 11.7 Å². The van der Waals surface area contributed by atoms with Crippen LogP contribution in [0.15, 0.2) is 40.9 Å². The summed E-state index contributed by atoms with van der Waals surface area (Å²) < 4.78 is 26.1. The van der Waals surface area contributed by atoms with Crippen LogP contribution in [0.5, 0.6) is 5.75 Å². The topological polar surface area (TPSA) is 79.3 Å². The van der Waals surface area contributed by atoms with Crippen LogP contribution in [0.2, 0.25) is 0 Å². The van der Waals surface area contributed by atoms with Gasteiger partial charge >= 0.3 is 0 Å². The number of thiazole rings is 1. The molecule has 0 aliphatic carbocycles. The minimum atomic E-state index is -3.54. The summed E-state index contributed by atoms with van der Waals surface area (Å²) in [7, 11) is -3.54. The lowest BCUT2D eigenvalue weighted by atomic mass is 10.3. The monoisotopic (exact) mass is 270 g/mol. The fourth-order valence-corrected chi connectivity index (χ4v) is 2.84. The molecule has 0 saturated carbocycles. The van der Waals surface area contributed by atoms with E-state index in [1.807, 2.05) is 0 Å². The zero-order valence-corrected chi connectivity index (χ0v) is 10.3. The molecule has 0 aliphatic rings. The Morgan fingerprint density at radius 3 is 2.59 bits per heavy atom. The maximum absolute atomic E-state index is 11.8. The lowest BCUT2D eigenvalue weighted by molar-refractivity contribution is 0.474. The van der Waals surface area contributed by atoms with Crippen molar-refractivity contribution in [1.29, 1.82) is 0 Å². The molecule has 1 aromatic heterocycles. The third-order valence-corrected chi connectivity index (χ3v) is 4.26. The number of sulfonamides is 1. The van der Waals surface area contributed by atoms with E-state index in [9.17, 15) is 8.42 Å². The summed E-state index contributed by atoms with van der Waals surface area (Å²) in [6.07, 6.45) is 1.62. The van der Waals surface area contributed by atoms with Gasteiger partial charge in [-0.3, -0.25) is 4.98 Å². The highest BCUT2D eigenvalue weighted by Crippen LogP contribution is 2.15. The number of hydrogen-bond acceptors (Lipinski definition) is 5. The van der Waals surface area contributed by atoms with Crippen molar-refractivity contribution in [1.82, 2.24) is 9.71 Å². The molecule has 5 nitrogen and oxygen atoms in total. The Labute approximate surface area is 103 Å². The van der Waals surface area contributed by atoms with E-state index in [0.29, 0.717) is 0 Å². The number of phenols is 1. The van der Waals surface area contributed by atoms with Gasteiger partial charge < -0.3 is 5.11 Å². The van der Waals surface area contributed by atoms with Crippen molar-refractivity contribution in [2.75, 3.05) is 0 Å². The van der Waals surface area contributed by atoms with Gasteiger partial charge in [-0.15, -0.1) is 11.3 Å². The molecule has 0 spiro atoms. The van der Waals surface area contributed by atoms with Crippen molar-refractivity contribution < 1.29 is 13.5 Å². The number of benzene rings is 1. The van der Waals surface area contributed by atoms with Crippen LogP contribution in [0.1, 0.15) is 4.88 Å². The SMILES string of the molecule is O=S(=O)(NCc1cncs1)c1ccc(O)cc1. The lowest BCUT2D eigenvalue weighted by Gasteiger charge is -2.05. The third kappa shape index (κ3) is 3.02. The van der Waals surface area contributed by atoms with Crippen LogP contribution < -0.4 is 4.72 Å². The minimum absolute atomic E-state index is 0.0337. The van der Waals surface area contributed by atoms with Crippen LogP contribution >= 0.6 is 11.3 Å². The fourth-order valence-electron chi connectivity index (χ4n) is 1.20. The number of hydrogen-bond donors (Lipinski definition) is 2. The smallest absolute Gasteiger partial charge is 0.240 e. The van der Waals surface area contributed by atoms with Crippen molar-refractivity contribution in [2.45, 2.75) is 11.4 Å². The number of nitrogens with zero attached hydrogens (tertiary/aromatic N) is 1. The average molecular weight is 270 g/mol. The maximum atomic E-state index is 11.8. The van der Waals surface area contributed by atoms with Crippen LogP contribution in [0.3, 0.4) is 0 Å². The van der Waals surface area contributed by atoms with Crippen molar-refractivity contribution in [3.63, 3.8) is 0 Å². The molecule has 7 heteroatoms. The van der Waals surface area contributed by atoms with Gasteiger partial charge in [-0.05, 0) is 24.3 Å². The van der Waals surface area contributed by atoms with Crippen LogP contribution in [0.25, 0.3) is 0 Å². The van der Waals surface area contributed by atoms with Crippen molar-refractivity contribution in [3.8, 4) is 5.75 Å². The Balaban J connectivity index is 2.11. The minimum Gasteiger partial charge on any atom is -0.508 e. The van der Waals surface area contributed by atoms with Gasteiger partial charge in [0.25, 0.3) is 0 Å². The van der Waals surface area contributed by atoms with E-state index >= 15 is 0 Å². The number of nitrogens with one attached hydrogen (secondary N) is 1. The summed E-state index contributed by atoms with van der Waals surface area (Å²) in [6.45, 7) is 0.216. The van der Waals surface area contributed by atoms with Crippen molar-refractivity contribution >= 4 is 21.4 Å². The van der Waals surface area contributed by atoms with E-state index in [0.717, 1.165) is 4.88 Å². The fraction of sp³-hybridized carbons (Fsp3) is 0.100. The van der Waals surface area contributed by atoms with E-state index in [2.05, 4.69) is 9.71 Å². The standard InChI is InChI=1S/C10H10N2O3S2/c13-8-1-3-10(4-2-8)17(14,15)12-6-9-5-11-7-16-9/h1-5,7,12-13H,6H2. The summed E-state index contributed by atoms with van der Waals surface area (Å²) in [5, 5.41) is 9.08. The molecule has 0 radical (unpaired) electrons. The Kier molecular flexibility index (Phi) is 3.41. The molecule has 0 unspecified atom stereocenters. The highest BCUT2D eigenvalue weighted by Gasteiger charge is 2.13. The first-order valence-electron chi connectivity index (χ1n) is 4.74. The van der Waals surface area contributed by atoms with Gasteiger partial charge in [0.2, 0.25) is 10.0 Å². The van der Waals surface area contributed by atoms with Crippen LogP contribution in [0, 0.1) is 0 Å². The second kappa shape index (κ2) is 4.82. The molecule has 2 rings (SSSR count). The number of aromatic nitrogens is 1. The molecule has 0 atom stereocenters. The van der Waals surface area contributed by atoms with Crippen molar-refractivity contribution in [2.24, 2.45) is 0 Å². The molecular weight excluding hydrogens is 260 g/mol. The predicted molar refractivity (Wildman–Crippen MR) is 64.2 cm³/mol.